The molecule has 0 saturated heterocycles. The number of furan rings is 1. The topological polar surface area (TPSA) is 29.3 Å². The molecular weight excluding hydrogens is 585 g/mol. The van der Waals surface area contributed by atoms with Crippen LogP contribution in [0.4, 0.5) is 17.1 Å². The van der Waals surface area contributed by atoms with Crippen LogP contribution in [0.5, 0.6) is 0 Å². The first-order chi connectivity index (χ1) is 23.8. The van der Waals surface area contributed by atoms with Gasteiger partial charge in [0.05, 0.1) is 5.69 Å². The third-order valence-electron chi connectivity index (χ3n) is 9.11. The van der Waals surface area contributed by atoms with Crippen molar-refractivity contribution in [3.8, 4) is 33.4 Å². The summed E-state index contributed by atoms with van der Waals surface area (Å²) in [7, 11) is 0. The van der Waals surface area contributed by atoms with Crippen molar-refractivity contribution in [1.82, 2.24) is 4.98 Å². The minimum atomic E-state index is 0.794. The second-order valence-corrected chi connectivity index (χ2v) is 12.0. The summed E-state index contributed by atoms with van der Waals surface area (Å²) in [4.78, 5) is 7.00. The standard InChI is InChI=1S/C45H30N2O/c1-3-11-31(12-4-1)32-20-22-33(23-21-32)36-15-9-16-37(29-36)47(42-18-8-7-17-39(42)34-13-5-2-6-14-34)38-26-24-35-25-27-40-44-43(19-10-28-46-44)48-45(40)41(35)30-38/h1-30H. The lowest BCUT2D eigenvalue weighted by molar-refractivity contribution is 0.672. The van der Waals surface area contributed by atoms with Gasteiger partial charge in [-0.05, 0) is 81.7 Å². The highest BCUT2D eigenvalue weighted by Crippen LogP contribution is 2.43. The lowest BCUT2D eigenvalue weighted by Crippen LogP contribution is -2.11. The van der Waals surface area contributed by atoms with Gasteiger partial charge in [-0.3, -0.25) is 4.98 Å². The number of hydrogen-bond acceptors (Lipinski definition) is 3. The quantitative estimate of drug-likeness (QED) is 0.187. The van der Waals surface area contributed by atoms with Crippen LogP contribution in [0.1, 0.15) is 0 Å². The van der Waals surface area contributed by atoms with Gasteiger partial charge in [0, 0.05) is 33.9 Å². The second kappa shape index (κ2) is 11.7. The van der Waals surface area contributed by atoms with E-state index in [9.17, 15) is 0 Å². The van der Waals surface area contributed by atoms with Crippen LogP contribution in [-0.2, 0) is 0 Å². The molecule has 48 heavy (non-hydrogen) atoms. The highest BCUT2D eigenvalue weighted by molar-refractivity contribution is 6.14. The molecule has 0 amide bonds. The zero-order chi connectivity index (χ0) is 31.9. The molecule has 0 spiro atoms. The van der Waals surface area contributed by atoms with E-state index in [0.29, 0.717) is 0 Å². The molecule has 0 saturated carbocycles. The summed E-state index contributed by atoms with van der Waals surface area (Å²) in [6, 6.07) is 62.2. The van der Waals surface area contributed by atoms with Gasteiger partial charge in [-0.15, -0.1) is 0 Å². The Hall–Kier alpha value is -6.45. The Morgan fingerprint density at radius 2 is 1.08 bits per heavy atom. The first kappa shape index (κ1) is 27.8. The van der Waals surface area contributed by atoms with E-state index in [4.69, 9.17) is 4.42 Å². The van der Waals surface area contributed by atoms with Gasteiger partial charge in [0.25, 0.3) is 0 Å². The maximum absolute atomic E-state index is 6.44. The highest BCUT2D eigenvalue weighted by Gasteiger charge is 2.19. The number of nitrogens with zero attached hydrogens (tertiary/aromatic N) is 2. The molecule has 0 aliphatic heterocycles. The maximum atomic E-state index is 6.44. The van der Waals surface area contributed by atoms with Crippen LogP contribution in [-0.4, -0.2) is 4.98 Å². The molecule has 0 fully saturated rings. The van der Waals surface area contributed by atoms with Gasteiger partial charge in [0.15, 0.2) is 5.58 Å². The number of fused-ring (bicyclic) bond motifs is 5. The van der Waals surface area contributed by atoms with E-state index in [2.05, 4.69) is 174 Å². The van der Waals surface area contributed by atoms with Crippen molar-refractivity contribution in [3.05, 3.63) is 182 Å². The van der Waals surface area contributed by atoms with Crippen molar-refractivity contribution in [2.75, 3.05) is 4.90 Å². The van der Waals surface area contributed by atoms with Gasteiger partial charge < -0.3 is 9.32 Å². The van der Waals surface area contributed by atoms with Crippen LogP contribution >= 0.6 is 0 Å². The van der Waals surface area contributed by atoms with E-state index in [1.807, 2.05) is 18.3 Å². The van der Waals surface area contributed by atoms with E-state index in [1.165, 1.54) is 16.7 Å². The fraction of sp³-hybridized carbons (Fsp3) is 0. The summed E-state index contributed by atoms with van der Waals surface area (Å²) in [5, 5.41) is 3.19. The molecule has 0 unspecified atom stereocenters. The van der Waals surface area contributed by atoms with Crippen molar-refractivity contribution in [2.45, 2.75) is 0 Å². The van der Waals surface area contributed by atoms with E-state index < -0.39 is 0 Å². The SMILES string of the molecule is c1ccc(-c2ccc(-c3cccc(N(c4ccc5ccc6c7ncccc7oc6c5c4)c4ccccc4-c4ccccc4)c3)cc2)cc1. The van der Waals surface area contributed by atoms with Crippen molar-refractivity contribution in [3.63, 3.8) is 0 Å². The number of benzene rings is 7. The first-order valence-electron chi connectivity index (χ1n) is 16.2. The van der Waals surface area contributed by atoms with E-state index in [0.717, 1.165) is 66.6 Å². The normalized spacial score (nSPS) is 11.3. The highest BCUT2D eigenvalue weighted by atomic mass is 16.3. The smallest absolute Gasteiger partial charge is 0.153 e. The molecule has 226 valence electrons. The van der Waals surface area contributed by atoms with Crippen molar-refractivity contribution in [2.24, 2.45) is 0 Å². The fourth-order valence-corrected chi connectivity index (χ4v) is 6.77. The average Bonchev–Trinajstić information content (AvgIpc) is 3.56. The third-order valence-corrected chi connectivity index (χ3v) is 9.11. The van der Waals surface area contributed by atoms with Crippen LogP contribution in [0.25, 0.3) is 66.2 Å². The van der Waals surface area contributed by atoms with Crippen LogP contribution in [0.2, 0.25) is 0 Å². The predicted octanol–water partition coefficient (Wildman–Crippen LogP) is 12.6. The number of pyridine rings is 1. The molecule has 0 N–H and O–H groups in total. The third kappa shape index (κ3) is 4.90. The molecule has 9 rings (SSSR count). The molecule has 2 heterocycles. The van der Waals surface area contributed by atoms with Gasteiger partial charge in [0.1, 0.15) is 11.1 Å². The van der Waals surface area contributed by atoms with E-state index >= 15 is 0 Å². The summed E-state index contributed by atoms with van der Waals surface area (Å²) < 4.78 is 6.44. The molecule has 2 aromatic heterocycles. The Morgan fingerprint density at radius 3 is 1.90 bits per heavy atom. The van der Waals surface area contributed by atoms with Gasteiger partial charge >= 0.3 is 0 Å². The maximum Gasteiger partial charge on any atom is 0.153 e. The number of hydrogen-bond donors (Lipinski definition) is 0. The predicted molar refractivity (Wildman–Crippen MR) is 200 cm³/mol. The monoisotopic (exact) mass is 614 g/mol. The molecule has 3 heteroatoms. The minimum Gasteiger partial charge on any atom is -0.454 e. The molecule has 0 atom stereocenters. The molecule has 0 radical (unpaired) electrons. The molecule has 3 nitrogen and oxygen atoms in total. The molecule has 9 aromatic rings. The van der Waals surface area contributed by atoms with E-state index in [1.54, 1.807) is 0 Å². The van der Waals surface area contributed by atoms with Crippen LogP contribution in [0.15, 0.2) is 187 Å². The first-order valence-corrected chi connectivity index (χ1v) is 16.2. The number of anilines is 3. The summed E-state index contributed by atoms with van der Waals surface area (Å²) in [5.74, 6) is 0. The lowest BCUT2D eigenvalue weighted by atomic mass is 9.98. The Morgan fingerprint density at radius 1 is 0.438 bits per heavy atom. The van der Waals surface area contributed by atoms with Gasteiger partial charge in [-0.2, -0.15) is 0 Å². The largest absolute Gasteiger partial charge is 0.454 e. The summed E-state index contributed by atoms with van der Waals surface area (Å²) >= 11 is 0. The molecule has 0 bridgehead atoms. The van der Waals surface area contributed by atoms with Crippen LogP contribution in [0.3, 0.4) is 0 Å². The lowest BCUT2D eigenvalue weighted by Gasteiger charge is -2.28. The Labute approximate surface area is 279 Å². The van der Waals surface area contributed by atoms with Crippen molar-refractivity contribution < 1.29 is 4.42 Å². The van der Waals surface area contributed by atoms with Gasteiger partial charge in [0.2, 0.25) is 0 Å². The summed E-state index contributed by atoms with van der Waals surface area (Å²) in [5.41, 5.74) is 12.8. The zero-order valence-electron chi connectivity index (χ0n) is 26.1. The molecule has 7 aromatic carbocycles. The fourth-order valence-electron chi connectivity index (χ4n) is 6.77. The van der Waals surface area contributed by atoms with Gasteiger partial charge in [-0.25, -0.2) is 0 Å². The number of para-hydroxylation sites is 1. The van der Waals surface area contributed by atoms with Gasteiger partial charge in [-0.1, -0.05) is 127 Å². The number of rotatable bonds is 6. The van der Waals surface area contributed by atoms with E-state index in [-0.39, 0.29) is 0 Å². The van der Waals surface area contributed by atoms with Crippen LogP contribution in [0, 0.1) is 0 Å². The number of aromatic nitrogens is 1. The average molecular weight is 615 g/mol. The Kier molecular flexibility index (Phi) is 6.80. The molecule has 0 aliphatic rings. The summed E-state index contributed by atoms with van der Waals surface area (Å²) in [6.07, 6.45) is 1.82. The van der Waals surface area contributed by atoms with Crippen LogP contribution < -0.4 is 4.90 Å². The summed E-state index contributed by atoms with van der Waals surface area (Å²) in [6.45, 7) is 0. The minimum absolute atomic E-state index is 0.794. The zero-order valence-corrected chi connectivity index (χ0v) is 26.1. The molecule has 0 aliphatic carbocycles. The van der Waals surface area contributed by atoms with Crippen molar-refractivity contribution >= 4 is 49.9 Å². The Bertz CT molecular complexity index is 2550. The van der Waals surface area contributed by atoms with Crippen molar-refractivity contribution in [1.29, 1.82) is 0 Å². The second-order valence-electron chi connectivity index (χ2n) is 12.0. The molecular formula is C45H30N2O. The Balaban J connectivity index is 1.23.